The van der Waals surface area contributed by atoms with Crippen LogP contribution in [0.25, 0.3) is 0 Å². The van der Waals surface area contributed by atoms with Gasteiger partial charge in [-0.2, -0.15) is 11.8 Å². The molecular weight excluding hydrogens is 208 g/mol. The van der Waals surface area contributed by atoms with Crippen LogP contribution < -0.4 is 5.73 Å². The maximum absolute atomic E-state index is 5.63. The van der Waals surface area contributed by atoms with Gasteiger partial charge in [-0.05, 0) is 30.5 Å². The first-order chi connectivity index (χ1) is 7.34. The van der Waals surface area contributed by atoms with Crippen molar-refractivity contribution < 1.29 is 4.74 Å². The average molecular weight is 224 g/mol. The van der Waals surface area contributed by atoms with E-state index in [4.69, 9.17) is 10.5 Å². The van der Waals surface area contributed by atoms with E-state index < -0.39 is 0 Å². The number of nitrogens with zero attached hydrogens (tertiary/aromatic N) is 1. The Kier molecular flexibility index (Phi) is 3.86. The fourth-order valence-electron chi connectivity index (χ4n) is 1.64. The third-order valence-electron chi connectivity index (χ3n) is 2.50. The predicted octanol–water partition coefficient (Wildman–Crippen LogP) is 2.08. The Morgan fingerprint density at radius 1 is 1.47 bits per heavy atom. The lowest BCUT2D eigenvalue weighted by Gasteiger charge is -2.21. The maximum Gasteiger partial charge on any atom is 0.123 e. The van der Waals surface area contributed by atoms with Crippen LogP contribution in [-0.4, -0.2) is 23.4 Å². The average Bonchev–Trinajstić information content (AvgIpc) is 2.28. The van der Waals surface area contributed by atoms with Crippen molar-refractivity contribution in [1.82, 2.24) is 4.98 Å². The molecule has 1 fully saturated rings. The minimum atomic E-state index is 0.611. The molecule has 0 saturated carbocycles. The summed E-state index contributed by atoms with van der Waals surface area (Å²) in [5, 5.41) is 0.744. The highest BCUT2D eigenvalue weighted by atomic mass is 32.2. The van der Waals surface area contributed by atoms with Gasteiger partial charge >= 0.3 is 0 Å². The number of aromatic nitrogens is 1. The number of anilines is 1. The molecule has 1 aliphatic rings. The topological polar surface area (TPSA) is 48.1 Å². The molecule has 0 spiro atoms. The standard InChI is InChI=1S/C11H16N2OS/c12-11-7-9(1-4-13-11)8-15-10-2-5-14-6-3-10/h1,4,7,10H,2-3,5-6,8H2,(H2,12,13). The molecule has 0 bridgehead atoms. The summed E-state index contributed by atoms with van der Waals surface area (Å²) in [7, 11) is 0. The summed E-state index contributed by atoms with van der Waals surface area (Å²) < 4.78 is 5.33. The number of hydrogen-bond acceptors (Lipinski definition) is 4. The molecule has 15 heavy (non-hydrogen) atoms. The molecule has 0 atom stereocenters. The number of nitrogens with two attached hydrogens (primary N) is 1. The Morgan fingerprint density at radius 3 is 3.00 bits per heavy atom. The molecule has 0 aliphatic carbocycles. The zero-order valence-electron chi connectivity index (χ0n) is 8.69. The van der Waals surface area contributed by atoms with Gasteiger partial charge in [0.15, 0.2) is 0 Å². The van der Waals surface area contributed by atoms with Crippen molar-refractivity contribution in [2.75, 3.05) is 18.9 Å². The molecule has 3 nitrogen and oxygen atoms in total. The second-order valence-corrected chi connectivity index (χ2v) is 5.00. The number of rotatable bonds is 3. The second kappa shape index (κ2) is 5.37. The molecule has 1 aromatic rings. The van der Waals surface area contributed by atoms with Gasteiger partial charge in [0.05, 0.1) is 0 Å². The molecule has 82 valence electrons. The van der Waals surface area contributed by atoms with Gasteiger partial charge in [-0.25, -0.2) is 4.98 Å². The van der Waals surface area contributed by atoms with E-state index in [1.807, 2.05) is 23.9 Å². The molecule has 2 rings (SSSR count). The van der Waals surface area contributed by atoms with Gasteiger partial charge < -0.3 is 10.5 Å². The first-order valence-electron chi connectivity index (χ1n) is 5.24. The molecule has 2 N–H and O–H groups in total. The summed E-state index contributed by atoms with van der Waals surface area (Å²) in [6.45, 7) is 1.83. The minimum Gasteiger partial charge on any atom is -0.384 e. The zero-order chi connectivity index (χ0) is 10.5. The molecule has 0 amide bonds. The van der Waals surface area contributed by atoms with E-state index in [1.54, 1.807) is 6.20 Å². The van der Waals surface area contributed by atoms with Crippen LogP contribution in [0.15, 0.2) is 18.3 Å². The number of thioether (sulfide) groups is 1. The van der Waals surface area contributed by atoms with E-state index in [1.165, 1.54) is 18.4 Å². The monoisotopic (exact) mass is 224 g/mol. The van der Waals surface area contributed by atoms with Gasteiger partial charge in [0.25, 0.3) is 0 Å². The Bertz CT molecular complexity index is 313. The van der Waals surface area contributed by atoms with Crippen molar-refractivity contribution in [3.05, 3.63) is 23.9 Å². The van der Waals surface area contributed by atoms with Crippen molar-refractivity contribution in [2.45, 2.75) is 23.8 Å². The van der Waals surface area contributed by atoms with Crippen molar-refractivity contribution in [3.8, 4) is 0 Å². The Labute approximate surface area is 94.4 Å². The zero-order valence-corrected chi connectivity index (χ0v) is 9.50. The molecule has 1 saturated heterocycles. The molecule has 1 aliphatic heterocycles. The predicted molar refractivity (Wildman–Crippen MR) is 63.8 cm³/mol. The fraction of sp³-hybridized carbons (Fsp3) is 0.545. The van der Waals surface area contributed by atoms with E-state index in [2.05, 4.69) is 4.98 Å². The summed E-state index contributed by atoms with van der Waals surface area (Å²) in [6, 6.07) is 3.98. The third-order valence-corrected chi connectivity index (χ3v) is 3.94. The van der Waals surface area contributed by atoms with E-state index in [9.17, 15) is 0 Å². The smallest absolute Gasteiger partial charge is 0.123 e. The summed E-state index contributed by atoms with van der Waals surface area (Å²) in [5.74, 6) is 1.64. The Morgan fingerprint density at radius 2 is 2.27 bits per heavy atom. The van der Waals surface area contributed by atoms with Gasteiger partial charge in [0, 0.05) is 30.4 Å². The highest BCUT2D eigenvalue weighted by Crippen LogP contribution is 2.25. The van der Waals surface area contributed by atoms with E-state index in [-0.39, 0.29) is 0 Å². The second-order valence-electron chi connectivity index (χ2n) is 3.71. The van der Waals surface area contributed by atoms with Crippen molar-refractivity contribution in [2.24, 2.45) is 0 Å². The lowest BCUT2D eigenvalue weighted by Crippen LogP contribution is -2.17. The maximum atomic E-state index is 5.63. The van der Waals surface area contributed by atoms with E-state index in [0.29, 0.717) is 5.82 Å². The highest BCUT2D eigenvalue weighted by molar-refractivity contribution is 7.99. The van der Waals surface area contributed by atoms with Gasteiger partial charge in [-0.3, -0.25) is 0 Å². The summed E-state index contributed by atoms with van der Waals surface area (Å²) >= 11 is 2.00. The van der Waals surface area contributed by atoms with Crippen LogP contribution in [0.2, 0.25) is 0 Å². The SMILES string of the molecule is Nc1cc(CSC2CCOCC2)ccn1. The van der Waals surface area contributed by atoms with Crippen LogP contribution in [0.4, 0.5) is 5.82 Å². The first-order valence-corrected chi connectivity index (χ1v) is 6.29. The molecule has 4 heteroatoms. The molecule has 1 aromatic heterocycles. The van der Waals surface area contributed by atoms with Crippen molar-refractivity contribution >= 4 is 17.6 Å². The number of ether oxygens (including phenoxy) is 1. The lowest BCUT2D eigenvalue weighted by atomic mass is 10.2. The van der Waals surface area contributed by atoms with Crippen LogP contribution in [-0.2, 0) is 10.5 Å². The van der Waals surface area contributed by atoms with Crippen LogP contribution in [0.1, 0.15) is 18.4 Å². The number of hydrogen-bond donors (Lipinski definition) is 1. The molecule has 0 unspecified atom stereocenters. The summed E-state index contributed by atoms with van der Waals surface area (Å²) in [4.78, 5) is 3.98. The third kappa shape index (κ3) is 3.39. The first kappa shape index (κ1) is 10.8. The van der Waals surface area contributed by atoms with Gasteiger partial charge in [0.1, 0.15) is 5.82 Å². The van der Waals surface area contributed by atoms with Gasteiger partial charge in [0.2, 0.25) is 0 Å². The number of pyridine rings is 1. The summed E-state index contributed by atoms with van der Waals surface area (Å²) in [5.41, 5.74) is 6.89. The van der Waals surface area contributed by atoms with Crippen LogP contribution in [0.3, 0.4) is 0 Å². The molecule has 0 radical (unpaired) electrons. The number of nitrogen functional groups attached to an aromatic ring is 1. The minimum absolute atomic E-state index is 0.611. The molecule has 2 heterocycles. The van der Waals surface area contributed by atoms with Gasteiger partial charge in [-0.15, -0.1) is 0 Å². The van der Waals surface area contributed by atoms with Crippen molar-refractivity contribution in [1.29, 1.82) is 0 Å². The lowest BCUT2D eigenvalue weighted by molar-refractivity contribution is 0.1000. The molecular formula is C11H16N2OS. The largest absolute Gasteiger partial charge is 0.384 e. The van der Waals surface area contributed by atoms with E-state index >= 15 is 0 Å². The van der Waals surface area contributed by atoms with Crippen LogP contribution in [0, 0.1) is 0 Å². The van der Waals surface area contributed by atoms with Gasteiger partial charge in [-0.1, -0.05) is 0 Å². The van der Waals surface area contributed by atoms with Crippen LogP contribution in [0.5, 0.6) is 0 Å². The fourth-order valence-corrected chi connectivity index (χ4v) is 2.77. The highest BCUT2D eigenvalue weighted by Gasteiger charge is 2.13. The van der Waals surface area contributed by atoms with E-state index in [0.717, 1.165) is 24.2 Å². The summed E-state index contributed by atoms with van der Waals surface area (Å²) in [6.07, 6.45) is 4.12. The Balaban J connectivity index is 1.81. The Hall–Kier alpha value is -0.740. The normalized spacial score (nSPS) is 17.9. The molecule has 0 aromatic carbocycles. The quantitative estimate of drug-likeness (QED) is 0.854. The van der Waals surface area contributed by atoms with Crippen LogP contribution >= 0.6 is 11.8 Å². The van der Waals surface area contributed by atoms with Crippen molar-refractivity contribution in [3.63, 3.8) is 0 Å².